The van der Waals surface area contributed by atoms with Gasteiger partial charge in [-0.1, -0.05) is 30.3 Å². The summed E-state index contributed by atoms with van der Waals surface area (Å²) in [6.45, 7) is 2.78. The van der Waals surface area contributed by atoms with Crippen molar-refractivity contribution >= 4 is 34.6 Å². The number of carbonyl (C=O) groups is 1. The number of nitrogens with zero attached hydrogens (tertiary/aromatic N) is 1. The zero-order valence-corrected chi connectivity index (χ0v) is 16.7. The lowest BCUT2D eigenvalue weighted by molar-refractivity contribution is -0.117. The normalized spacial score (nSPS) is 10.8. The summed E-state index contributed by atoms with van der Waals surface area (Å²) in [5, 5.41) is 12.1. The van der Waals surface area contributed by atoms with E-state index in [0.717, 1.165) is 9.13 Å². The van der Waals surface area contributed by atoms with E-state index in [9.17, 15) is 10.1 Å². The molecule has 0 saturated heterocycles. The number of benzene rings is 2. The van der Waals surface area contributed by atoms with Crippen molar-refractivity contribution in [3.05, 3.63) is 62.7 Å². The number of hydrogen-bond acceptors (Lipinski definition) is 4. The zero-order valence-electron chi connectivity index (χ0n) is 14.6. The second kappa shape index (κ2) is 9.82. The van der Waals surface area contributed by atoms with Crippen molar-refractivity contribution < 1.29 is 14.3 Å². The van der Waals surface area contributed by atoms with Crippen LogP contribution in [0.15, 0.2) is 48.0 Å². The molecule has 0 aliphatic rings. The fourth-order valence-electron chi connectivity index (χ4n) is 2.30. The van der Waals surface area contributed by atoms with Crippen LogP contribution >= 0.6 is 22.6 Å². The molecule has 134 valence electrons. The molecule has 26 heavy (non-hydrogen) atoms. The van der Waals surface area contributed by atoms with E-state index in [1.807, 2.05) is 49.4 Å². The zero-order chi connectivity index (χ0) is 18.9. The minimum absolute atomic E-state index is 0.0305. The smallest absolute Gasteiger partial charge is 0.262 e. The predicted molar refractivity (Wildman–Crippen MR) is 109 cm³/mol. The molecule has 0 aromatic heterocycles. The van der Waals surface area contributed by atoms with Crippen LogP contribution < -0.4 is 14.8 Å². The first-order valence-corrected chi connectivity index (χ1v) is 9.11. The first kappa shape index (κ1) is 19.8. The van der Waals surface area contributed by atoms with E-state index in [2.05, 4.69) is 27.9 Å². The van der Waals surface area contributed by atoms with Gasteiger partial charge in [-0.25, -0.2) is 0 Å². The van der Waals surface area contributed by atoms with Crippen LogP contribution in [0.4, 0.5) is 0 Å². The molecular formula is C20H19IN2O3. The van der Waals surface area contributed by atoms with Gasteiger partial charge in [-0.05, 0) is 58.9 Å². The van der Waals surface area contributed by atoms with Crippen molar-refractivity contribution in [3.63, 3.8) is 0 Å². The van der Waals surface area contributed by atoms with Crippen molar-refractivity contribution in [1.82, 2.24) is 5.32 Å². The third-order valence-corrected chi connectivity index (χ3v) is 4.31. The van der Waals surface area contributed by atoms with Crippen LogP contribution in [0.2, 0.25) is 0 Å². The first-order valence-electron chi connectivity index (χ1n) is 8.03. The maximum Gasteiger partial charge on any atom is 0.262 e. The van der Waals surface area contributed by atoms with Gasteiger partial charge in [0.15, 0.2) is 11.5 Å². The van der Waals surface area contributed by atoms with Gasteiger partial charge in [0.25, 0.3) is 5.91 Å². The van der Waals surface area contributed by atoms with Crippen LogP contribution in [0.1, 0.15) is 18.1 Å². The first-order chi connectivity index (χ1) is 12.6. The molecule has 2 rings (SSSR count). The van der Waals surface area contributed by atoms with E-state index >= 15 is 0 Å². The van der Waals surface area contributed by atoms with Gasteiger partial charge in [0.2, 0.25) is 0 Å². The summed E-state index contributed by atoms with van der Waals surface area (Å²) in [5.74, 6) is 0.797. The van der Waals surface area contributed by atoms with Gasteiger partial charge >= 0.3 is 0 Å². The highest BCUT2D eigenvalue weighted by Crippen LogP contribution is 2.34. The second-order valence-corrected chi connectivity index (χ2v) is 6.47. The fraction of sp³-hybridized carbons (Fsp3) is 0.200. The molecule has 6 heteroatoms. The van der Waals surface area contributed by atoms with Crippen LogP contribution in [-0.2, 0) is 11.3 Å². The molecule has 1 N–H and O–H groups in total. The number of ether oxygens (including phenoxy) is 2. The quantitative estimate of drug-likeness (QED) is 0.385. The van der Waals surface area contributed by atoms with Crippen molar-refractivity contribution in [2.75, 3.05) is 13.7 Å². The van der Waals surface area contributed by atoms with Crippen molar-refractivity contribution in [3.8, 4) is 17.6 Å². The summed E-state index contributed by atoms with van der Waals surface area (Å²) < 4.78 is 11.8. The van der Waals surface area contributed by atoms with Crippen molar-refractivity contribution in [2.24, 2.45) is 0 Å². The Hall–Kier alpha value is -2.53. The van der Waals surface area contributed by atoms with E-state index in [-0.39, 0.29) is 5.57 Å². The number of rotatable bonds is 7. The maximum atomic E-state index is 12.3. The Labute approximate surface area is 166 Å². The van der Waals surface area contributed by atoms with Crippen LogP contribution in [0.25, 0.3) is 6.08 Å². The number of hydrogen-bond donors (Lipinski definition) is 1. The minimum Gasteiger partial charge on any atom is -0.493 e. The molecule has 0 aliphatic heterocycles. The van der Waals surface area contributed by atoms with Gasteiger partial charge in [0.1, 0.15) is 11.6 Å². The van der Waals surface area contributed by atoms with Crippen molar-refractivity contribution in [1.29, 1.82) is 5.26 Å². The predicted octanol–water partition coefficient (Wildman–Crippen LogP) is 3.92. The molecule has 0 saturated carbocycles. The molecule has 0 unspecified atom stereocenters. The van der Waals surface area contributed by atoms with Crippen LogP contribution in [0, 0.1) is 14.9 Å². The van der Waals surface area contributed by atoms with Crippen LogP contribution in [0.5, 0.6) is 11.5 Å². The largest absolute Gasteiger partial charge is 0.493 e. The lowest BCUT2D eigenvalue weighted by Gasteiger charge is -2.12. The van der Waals surface area contributed by atoms with Gasteiger partial charge in [0, 0.05) is 6.54 Å². The highest BCUT2D eigenvalue weighted by molar-refractivity contribution is 14.1. The summed E-state index contributed by atoms with van der Waals surface area (Å²) >= 11 is 2.14. The highest BCUT2D eigenvalue weighted by atomic mass is 127. The SMILES string of the molecule is CCOc1c(I)cc(/C=C(/C#N)C(=O)NCc2ccccc2)cc1OC. The topological polar surface area (TPSA) is 71.3 Å². The number of carbonyl (C=O) groups excluding carboxylic acids is 1. The molecule has 0 fully saturated rings. The second-order valence-electron chi connectivity index (χ2n) is 5.31. The van der Waals surface area contributed by atoms with E-state index in [1.54, 1.807) is 19.3 Å². The van der Waals surface area contributed by atoms with Gasteiger partial charge in [-0.15, -0.1) is 0 Å². The number of nitrogens with one attached hydrogen (secondary N) is 1. The summed E-state index contributed by atoms with van der Waals surface area (Å²) in [4.78, 5) is 12.3. The molecule has 5 nitrogen and oxygen atoms in total. The minimum atomic E-state index is -0.417. The average Bonchev–Trinajstić information content (AvgIpc) is 2.66. The molecule has 0 heterocycles. The summed E-state index contributed by atoms with van der Waals surface area (Å²) in [6.07, 6.45) is 1.54. The molecule has 1 amide bonds. The monoisotopic (exact) mass is 462 g/mol. The van der Waals surface area contributed by atoms with E-state index in [0.29, 0.717) is 30.2 Å². The summed E-state index contributed by atoms with van der Waals surface area (Å²) in [7, 11) is 1.55. The Kier molecular flexibility index (Phi) is 7.48. The van der Waals surface area contributed by atoms with E-state index < -0.39 is 5.91 Å². The van der Waals surface area contributed by atoms with Gasteiger partial charge < -0.3 is 14.8 Å². The van der Waals surface area contributed by atoms with Gasteiger partial charge in [-0.2, -0.15) is 5.26 Å². The van der Waals surface area contributed by atoms with Crippen LogP contribution in [0.3, 0.4) is 0 Å². The third-order valence-electron chi connectivity index (χ3n) is 3.51. The molecular weight excluding hydrogens is 443 g/mol. The Bertz CT molecular complexity index is 842. The number of nitriles is 1. The molecule has 0 spiro atoms. The summed E-state index contributed by atoms with van der Waals surface area (Å²) in [6, 6.07) is 15.1. The number of halogens is 1. The molecule has 2 aromatic rings. The van der Waals surface area contributed by atoms with Crippen molar-refractivity contribution in [2.45, 2.75) is 13.5 Å². The number of methoxy groups -OCH3 is 1. The molecule has 0 bridgehead atoms. The lowest BCUT2D eigenvalue weighted by atomic mass is 10.1. The Morgan fingerprint density at radius 1 is 1.31 bits per heavy atom. The standard InChI is InChI=1S/C20H19IN2O3/c1-3-26-19-17(21)10-15(11-18(19)25-2)9-16(12-22)20(24)23-13-14-7-5-4-6-8-14/h4-11H,3,13H2,1-2H3,(H,23,24)/b16-9-. The highest BCUT2D eigenvalue weighted by Gasteiger charge is 2.13. The lowest BCUT2D eigenvalue weighted by Crippen LogP contribution is -2.23. The summed E-state index contributed by atoms with van der Waals surface area (Å²) in [5.41, 5.74) is 1.69. The maximum absolute atomic E-state index is 12.3. The van der Waals surface area contributed by atoms with E-state index in [4.69, 9.17) is 9.47 Å². The molecule has 2 aromatic carbocycles. The van der Waals surface area contributed by atoms with Gasteiger partial charge in [0.05, 0.1) is 17.3 Å². The van der Waals surface area contributed by atoms with E-state index in [1.165, 1.54) is 0 Å². The fourth-order valence-corrected chi connectivity index (χ4v) is 3.08. The third kappa shape index (κ3) is 5.23. The number of amides is 1. The molecule has 0 aliphatic carbocycles. The molecule has 0 radical (unpaired) electrons. The molecule has 0 atom stereocenters. The van der Waals surface area contributed by atoms with Gasteiger partial charge in [-0.3, -0.25) is 4.79 Å². The van der Waals surface area contributed by atoms with Crippen LogP contribution in [-0.4, -0.2) is 19.6 Å². The Morgan fingerprint density at radius 2 is 2.04 bits per heavy atom. The Balaban J connectivity index is 2.21. The Morgan fingerprint density at radius 3 is 2.65 bits per heavy atom. The average molecular weight is 462 g/mol.